The van der Waals surface area contributed by atoms with Crippen LogP contribution < -0.4 is 0 Å². The van der Waals surface area contributed by atoms with Crippen LogP contribution >= 0.6 is 0 Å². The Bertz CT molecular complexity index is 374. The first-order chi connectivity index (χ1) is 8.41. The van der Waals surface area contributed by atoms with Crippen molar-refractivity contribution in [2.45, 2.75) is 26.1 Å². The van der Waals surface area contributed by atoms with Gasteiger partial charge in [0.25, 0.3) is 10.2 Å². The van der Waals surface area contributed by atoms with Gasteiger partial charge in [0.1, 0.15) is 0 Å². The lowest BCUT2D eigenvalue weighted by atomic mass is 10.3. The highest BCUT2D eigenvalue weighted by Gasteiger charge is 2.34. The molecule has 104 valence electrons. The van der Waals surface area contributed by atoms with Crippen LogP contribution in [-0.2, 0) is 14.9 Å². The van der Waals surface area contributed by atoms with Gasteiger partial charge >= 0.3 is 0 Å². The van der Waals surface area contributed by atoms with Gasteiger partial charge in [0.15, 0.2) is 0 Å². The van der Waals surface area contributed by atoms with E-state index in [4.69, 9.17) is 4.74 Å². The Morgan fingerprint density at radius 2 is 1.67 bits per heavy atom. The molecule has 0 N–H and O–H groups in total. The number of hydrogen-bond acceptors (Lipinski definition) is 3. The van der Waals surface area contributed by atoms with Crippen molar-refractivity contribution in [2.75, 3.05) is 26.2 Å². The molecular formula is C12H22N2O3S. The lowest BCUT2D eigenvalue weighted by Gasteiger charge is -2.36. The zero-order valence-electron chi connectivity index (χ0n) is 11.1. The number of nitrogens with zero attached hydrogens (tertiary/aromatic N) is 2. The van der Waals surface area contributed by atoms with E-state index in [2.05, 4.69) is 13.2 Å². The van der Waals surface area contributed by atoms with E-state index in [-0.39, 0.29) is 25.3 Å². The second-order valence-electron chi connectivity index (χ2n) is 4.48. The van der Waals surface area contributed by atoms with Crippen LogP contribution in [0.2, 0.25) is 0 Å². The number of ether oxygens (including phenoxy) is 1. The van der Waals surface area contributed by atoms with Crippen LogP contribution in [0.1, 0.15) is 13.8 Å². The second-order valence-corrected chi connectivity index (χ2v) is 6.40. The summed E-state index contributed by atoms with van der Waals surface area (Å²) in [5, 5.41) is 0. The van der Waals surface area contributed by atoms with E-state index in [1.807, 2.05) is 13.8 Å². The summed E-state index contributed by atoms with van der Waals surface area (Å²) < 4.78 is 33.3. The zero-order chi connectivity index (χ0) is 13.8. The van der Waals surface area contributed by atoms with Crippen molar-refractivity contribution in [3.8, 4) is 0 Å². The molecule has 6 heteroatoms. The molecule has 0 aromatic heterocycles. The summed E-state index contributed by atoms with van der Waals surface area (Å²) in [5.41, 5.74) is 0. The van der Waals surface area contributed by atoms with Crippen molar-refractivity contribution in [3.05, 3.63) is 25.3 Å². The van der Waals surface area contributed by atoms with Gasteiger partial charge in [-0.3, -0.25) is 0 Å². The molecular weight excluding hydrogens is 252 g/mol. The second kappa shape index (κ2) is 6.47. The Balaban J connectivity index is 2.88. The van der Waals surface area contributed by atoms with Gasteiger partial charge in [-0.2, -0.15) is 17.0 Å². The maximum atomic E-state index is 12.5. The molecule has 0 aliphatic carbocycles. The maximum absolute atomic E-state index is 12.5. The van der Waals surface area contributed by atoms with E-state index < -0.39 is 10.2 Å². The average molecular weight is 274 g/mol. The minimum Gasteiger partial charge on any atom is -0.373 e. The van der Waals surface area contributed by atoms with Crippen molar-refractivity contribution >= 4 is 10.2 Å². The first kappa shape index (κ1) is 15.4. The molecule has 0 radical (unpaired) electrons. The first-order valence-electron chi connectivity index (χ1n) is 6.04. The van der Waals surface area contributed by atoms with Gasteiger partial charge in [-0.25, -0.2) is 0 Å². The molecule has 1 fully saturated rings. The quantitative estimate of drug-likeness (QED) is 0.679. The zero-order valence-corrected chi connectivity index (χ0v) is 11.9. The summed E-state index contributed by atoms with van der Waals surface area (Å²) in [6, 6.07) is 0. The smallest absolute Gasteiger partial charge is 0.282 e. The third-order valence-electron chi connectivity index (χ3n) is 2.70. The number of hydrogen-bond donors (Lipinski definition) is 0. The van der Waals surface area contributed by atoms with Crippen LogP contribution in [0.5, 0.6) is 0 Å². The summed E-state index contributed by atoms with van der Waals surface area (Å²) in [5.74, 6) is 0. The van der Waals surface area contributed by atoms with Gasteiger partial charge in [0.05, 0.1) is 12.2 Å². The van der Waals surface area contributed by atoms with Crippen LogP contribution in [0.25, 0.3) is 0 Å². The van der Waals surface area contributed by atoms with E-state index >= 15 is 0 Å². The highest BCUT2D eigenvalue weighted by molar-refractivity contribution is 7.86. The van der Waals surface area contributed by atoms with E-state index in [0.29, 0.717) is 13.1 Å². The summed E-state index contributed by atoms with van der Waals surface area (Å²) in [6.07, 6.45) is 2.98. The minimum absolute atomic E-state index is 0.0853. The average Bonchev–Trinajstić information content (AvgIpc) is 2.27. The Labute approximate surface area is 110 Å². The molecule has 1 rings (SSSR count). The van der Waals surface area contributed by atoms with Crippen molar-refractivity contribution in [1.29, 1.82) is 0 Å². The van der Waals surface area contributed by atoms with Crippen molar-refractivity contribution in [3.63, 3.8) is 0 Å². The number of morpholine rings is 1. The standard InChI is InChI=1S/C12H22N2O3S/c1-5-7-13(8-6-2)18(15,16)14-9-11(3)17-12(4)10-14/h5-6,11-12H,1-2,7-10H2,3-4H3/t11-,12-/m0/s1. The summed E-state index contributed by atoms with van der Waals surface area (Å²) in [7, 11) is -3.47. The molecule has 0 aromatic carbocycles. The molecule has 1 aliphatic heterocycles. The molecule has 1 heterocycles. The highest BCUT2D eigenvalue weighted by Crippen LogP contribution is 2.17. The highest BCUT2D eigenvalue weighted by atomic mass is 32.2. The molecule has 0 aromatic rings. The first-order valence-corrected chi connectivity index (χ1v) is 7.44. The van der Waals surface area contributed by atoms with Crippen LogP contribution in [0.3, 0.4) is 0 Å². The van der Waals surface area contributed by atoms with Gasteiger partial charge < -0.3 is 4.74 Å². The Morgan fingerprint density at radius 3 is 2.06 bits per heavy atom. The maximum Gasteiger partial charge on any atom is 0.282 e. The summed E-state index contributed by atoms with van der Waals surface area (Å²) in [6.45, 7) is 12.3. The van der Waals surface area contributed by atoms with E-state index in [1.165, 1.54) is 8.61 Å². The van der Waals surface area contributed by atoms with Crippen molar-refractivity contribution < 1.29 is 13.2 Å². The molecule has 0 unspecified atom stereocenters. The summed E-state index contributed by atoms with van der Waals surface area (Å²) >= 11 is 0. The minimum atomic E-state index is -3.47. The van der Waals surface area contributed by atoms with Crippen LogP contribution in [-0.4, -0.2) is 55.4 Å². The third kappa shape index (κ3) is 3.65. The Morgan fingerprint density at radius 1 is 1.22 bits per heavy atom. The van der Waals surface area contributed by atoms with Gasteiger partial charge in [-0.05, 0) is 13.8 Å². The predicted molar refractivity (Wildman–Crippen MR) is 72.5 cm³/mol. The van der Waals surface area contributed by atoms with Gasteiger partial charge in [-0.1, -0.05) is 12.2 Å². The topological polar surface area (TPSA) is 49.9 Å². The largest absolute Gasteiger partial charge is 0.373 e. The normalized spacial score (nSPS) is 26.2. The predicted octanol–water partition coefficient (Wildman–Crippen LogP) is 1.01. The monoisotopic (exact) mass is 274 g/mol. The van der Waals surface area contributed by atoms with Gasteiger partial charge in [0.2, 0.25) is 0 Å². The van der Waals surface area contributed by atoms with Crippen LogP contribution in [0.4, 0.5) is 0 Å². The third-order valence-corrected chi connectivity index (χ3v) is 4.61. The van der Waals surface area contributed by atoms with Gasteiger partial charge in [0, 0.05) is 26.2 Å². The molecule has 0 spiro atoms. The molecule has 1 aliphatic rings. The van der Waals surface area contributed by atoms with Crippen LogP contribution in [0.15, 0.2) is 25.3 Å². The number of rotatable bonds is 6. The fourth-order valence-electron chi connectivity index (χ4n) is 2.03. The van der Waals surface area contributed by atoms with Crippen LogP contribution in [0, 0.1) is 0 Å². The fourth-order valence-corrected chi connectivity index (χ4v) is 3.74. The molecule has 2 atom stereocenters. The van der Waals surface area contributed by atoms with Crippen molar-refractivity contribution in [2.24, 2.45) is 0 Å². The lowest BCUT2D eigenvalue weighted by molar-refractivity contribution is -0.0453. The summed E-state index contributed by atoms with van der Waals surface area (Å²) in [4.78, 5) is 0. The molecule has 0 saturated carbocycles. The molecule has 0 bridgehead atoms. The SMILES string of the molecule is C=CCN(CC=C)S(=O)(=O)N1C[C@H](C)O[C@@H](C)C1. The van der Waals surface area contributed by atoms with Crippen molar-refractivity contribution in [1.82, 2.24) is 8.61 Å². The van der Waals surface area contributed by atoms with E-state index in [9.17, 15) is 8.42 Å². The molecule has 0 amide bonds. The lowest BCUT2D eigenvalue weighted by Crippen LogP contribution is -2.53. The Kier molecular flexibility index (Phi) is 5.52. The van der Waals surface area contributed by atoms with E-state index in [1.54, 1.807) is 12.2 Å². The molecule has 5 nitrogen and oxygen atoms in total. The Hall–Kier alpha value is -0.690. The molecule has 18 heavy (non-hydrogen) atoms. The van der Waals surface area contributed by atoms with E-state index in [0.717, 1.165) is 0 Å². The molecule has 1 saturated heterocycles. The fraction of sp³-hybridized carbons (Fsp3) is 0.667. The van der Waals surface area contributed by atoms with Gasteiger partial charge in [-0.15, -0.1) is 13.2 Å².